The van der Waals surface area contributed by atoms with Crippen LogP contribution in [0.4, 0.5) is 11.5 Å². The minimum absolute atomic E-state index is 0.470. The van der Waals surface area contributed by atoms with Crippen molar-refractivity contribution < 1.29 is 4.74 Å². The Morgan fingerprint density at radius 1 is 1.44 bits per heavy atom. The largest absolute Gasteiger partial charge is 0.476 e. The molecule has 0 saturated heterocycles. The number of rotatable bonds is 4. The first-order valence-corrected chi connectivity index (χ1v) is 5.81. The summed E-state index contributed by atoms with van der Waals surface area (Å²) < 4.78 is 5.33. The molecule has 3 N–H and O–H groups in total. The summed E-state index contributed by atoms with van der Waals surface area (Å²) in [4.78, 5) is 8.16. The number of nitrogens with one attached hydrogen (secondary N) is 1. The Bertz CT molecular complexity index is 350. The molecule has 1 aliphatic rings. The lowest BCUT2D eigenvalue weighted by Gasteiger charge is -2.15. The van der Waals surface area contributed by atoms with Crippen molar-refractivity contribution in [1.29, 1.82) is 0 Å². The van der Waals surface area contributed by atoms with Crippen molar-refractivity contribution in [1.82, 2.24) is 9.97 Å². The maximum absolute atomic E-state index is 5.94. The highest BCUT2D eigenvalue weighted by atomic mass is 16.5. The molecule has 1 aromatic rings. The van der Waals surface area contributed by atoms with Crippen LogP contribution in [0.25, 0.3) is 0 Å². The average molecular weight is 222 g/mol. The third-order valence-electron chi connectivity index (χ3n) is 2.82. The van der Waals surface area contributed by atoms with Gasteiger partial charge in [-0.25, -0.2) is 4.98 Å². The van der Waals surface area contributed by atoms with E-state index < -0.39 is 0 Å². The summed E-state index contributed by atoms with van der Waals surface area (Å²) in [6.07, 6.45) is 6.42. The number of hydrogen-bond acceptors (Lipinski definition) is 5. The fourth-order valence-corrected chi connectivity index (χ4v) is 2.01. The topological polar surface area (TPSA) is 73.1 Å². The fraction of sp³-hybridized carbons (Fsp3) is 0.636. The van der Waals surface area contributed by atoms with Gasteiger partial charge in [-0.1, -0.05) is 12.8 Å². The van der Waals surface area contributed by atoms with Gasteiger partial charge in [-0.05, 0) is 19.8 Å². The van der Waals surface area contributed by atoms with E-state index in [1.807, 2.05) is 6.92 Å². The van der Waals surface area contributed by atoms with E-state index in [4.69, 9.17) is 10.5 Å². The van der Waals surface area contributed by atoms with Gasteiger partial charge in [-0.15, -0.1) is 0 Å². The van der Waals surface area contributed by atoms with Crippen molar-refractivity contribution in [2.24, 2.45) is 0 Å². The zero-order chi connectivity index (χ0) is 11.4. The number of hydrogen-bond donors (Lipinski definition) is 2. The molecular weight excluding hydrogens is 204 g/mol. The molecular formula is C11H18N4O. The predicted octanol–water partition coefficient (Wildman–Crippen LogP) is 1.81. The Labute approximate surface area is 95.4 Å². The standard InChI is InChI=1S/C11H18N4O/c1-2-16-11-9(12)10(13-7-14-11)15-8-5-3-4-6-8/h7-8H,2-6,12H2,1H3,(H,13,14,15). The van der Waals surface area contributed by atoms with Crippen LogP contribution >= 0.6 is 0 Å². The van der Waals surface area contributed by atoms with Gasteiger partial charge in [0.2, 0.25) is 5.88 Å². The zero-order valence-electron chi connectivity index (χ0n) is 9.57. The summed E-state index contributed by atoms with van der Waals surface area (Å²) in [6.45, 7) is 2.47. The number of anilines is 2. The molecule has 1 fully saturated rings. The molecule has 5 heteroatoms. The van der Waals surface area contributed by atoms with Crippen molar-refractivity contribution in [3.05, 3.63) is 6.33 Å². The fourth-order valence-electron chi connectivity index (χ4n) is 2.01. The maximum atomic E-state index is 5.94. The van der Waals surface area contributed by atoms with Crippen molar-refractivity contribution in [3.8, 4) is 5.88 Å². The second-order valence-electron chi connectivity index (χ2n) is 4.00. The van der Waals surface area contributed by atoms with E-state index in [0.717, 1.165) is 0 Å². The van der Waals surface area contributed by atoms with Crippen LogP contribution in [-0.4, -0.2) is 22.6 Å². The van der Waals surface area contributed by atoms with E-state index in [9.17, 15) is 0 Å². The number of aromatic nitrogens is 2. The van der Waals surface area contributed by atoms with Crippen LogP contribution in [0.15, 0.2) is 6.33 Å². The van der Waals surface area contributed by atoms with E-state index in [1.54, 1.807) is 0 Å². The van der Waals surface area contributed by atoms with Gasteiger partial charge in [0.05, 0.1) is 6.61 Å². The molecule has 5 nitrogen and oxygen atoms in total. The van der Waals surface area contributed by atoms with Gasteiger partial charge in [0.1, 0.15) is 12.0 Å². The second-order valence-corrected chi connectivity index (χ2v) is 4.00. The van der Waals surface area contributed by atoms with Crippen LogP contribution < -0.4 is 15.8 Å². The van der Waals surface area contributed by atoms with Crippen molar-refractivity contribution in [2.45, 2.75) is 38.6 Å². The molecule has 0 atom stereocenters. The summed E-state index contributed by atoms with van der Waals surface area (Å²) in [5.41, 5.74) is 6.45. The Morgan fingerprint density at radius 3 is 2.88 bits per heavy atom. The van der Waals surface area contributed by atoms with Crippen LogP contribution in [0.1, 0.15) is 32.6 Å². The van der Waals surface area contributed by atoms with Crippen LogP contribution in [0, 0.1) is 0 Å². The molecule has 1 saturated carbocycles. The third kappa shape index (κ3) is 2.35. The molecule has 1 aliphatic carbocycles. The zero-order valence-corrected chi connectivity index (χ0v) is 9.57. The first kappa shape index (κ1) is 11.0. The van der Waals surface area contributed by atoms with E-state index in [-0.39, 0.29) is 0 Å². The van der Waals surface area contributed by atoms with Crippen LogP contribution in [0.5, 0.6) is 5.88 Å². The normalized spacial score (nSPS) is 16.3. The summed E-state index contributed by atoms with van der Waals surface area (Å²) >= 11 is 0. The van der Waals surface area contributed by atoms with Gasteiger partial charge in [0.25, 0.3) is 0 Å². The van der Waals surface area contributed by atoms with Crippen molar-refractivity contribution >= 4 is 11.5 Å². The smallest absolute Gasteiger partial charge is 0.242 e. The van der Waals surface area contributed by atoms with E-state index in [2.05, 4.69) is 15.3 Å². The Balaban J connectivity index is 2.10. The molecule has 0 spiro atoms. The van der Waals surface area contributed by atoms with Gasteiger partial charge in [0.15, 0.2) is 5.82 Å². The molecule has 2 rings (SSSR count). The summed E-state index contributed by atoms with van der Waals surface area (Å²) in [6, 6.07) is 0.492. The molecule has 0 amide bonds. The molecule has 1 aromatic heterocycles. The molecule has 1 heterocycles. The molecule has 0 aliphatic heterocycles. The van der Waals surface area contributed by atoms with Gasteiger partial charge in [-0.3, -0.25) is 0 Å². The highest BCUT2D eigenvalue weighted by Gasteiger charge is 2.17. The third-order valence-corrected chi connectivity index (χ3v) is 2.82. The quantitative estimate of drug-likeness (QED) is 0.812. The average Bonchev–Trinajstić information content (AvgIpc) is 2.77. The van der Waals surface area contributed by atoms with E-state index in [1.165, 1.54) is 32.0 Å². The van der Waals surface area contributed by atoms with Crippen LogP contribution in [0.2, 0.25) is 0 Å². The van der Waals surface area contributed by atoms with Gasteiger partial charge >= 0.3 is 0 Å². The minimum atomic E-state index is 0.470. The number of nitrogen functional groups attached to an aromatic ring is 1. The van der Waals surface area contributed by atoms with Gasteiger partial charge in [-0.2, -0.15) is 4.98 Å². The predicted molar refractivity (Wildman–Crippen MR) is 63.5 cm³/mol. The lowest BCUT2D eigenvalue weighted by Crippen LogP contribution is -2.17. The van der Waals surface area contributed by atoms with E-state index in [0.29, 0.717) is 30.0 Å². The van der Waals surface area contributed by atoms with Crippen LogP contribution in [0.3, 0.4) is 0 Å². The Hall–Kier alpha value is -1.52. The molecule has 88 valence electrons. The Morgan fingerprint density at radius 2 is 2.19 bits per heavy atom. The molecule has 0 bridgehead atoms. The number of ether oxygens (including phenoxy) is 1. The molecule has 0 aromatic carbocycles. The molecule has 0 unspecified atom stereocenters. The highest BCUT2D eigenvalue weighted by Crippen LogP contribution is 2.28. The molecule has 16 heavy (non-hydrogen) atoms. The lowest BCUT2D eigenvalue weighted by atomic mass is 10.2. The Kier molecular flexibility index (Phi) is 3.44. The minimum Gasteiger partial charge on any atom is -0.476 e. The van der Waals surface area contributed by atoms with Crippen LogP contribution in [-0.2, 0) is 0 Å². The first-order chi connectivity index (χ1) is 7.81. The maximum Gasteiger partial charge on any atom is 0.242 e. The highest BCUT2D eigenvalue weighted by molar-refractivity contribution is 5.66. The number of nitrogens with zero attached hydrogens (tertiary/aromatic N) is 2. The second kappa shape index (κ2) is 5.01. The molecule has 0 radical (unpaired) electrons. The monoisotopic (exact) mass is 222 g/mol. The van der Waals surface area contributed by atoms with Crippen molar-refractivity contribution in [3.63, 3.8) is 0 Å². The summed E-state index contributed by atoms with van der Waals surface area (Å²) in [7, 11) is 0. The van der Waals surface area contributed by atoms with Crippen molar-refractivity contribution in [2.75, 3.05) is 17.7 Å². The van der Waals surface area contributed by atoms with Gasteiger partial charge in [0, 0.05) is 6.04 Å². The number of nitrogens with two attached hydrogens (primary N) is 1. The summed E-state index contributed by atoms with van der Waals surface area (Å²) in [5, 5.41) is 3.35. The van der Waals surface area contributed by atoms with E-state index >= 15 is 0 Å². The lowest BCUT2D eigenvalue weighted by molar-refractivity contribution is 0.328. The summed E-state index contributed by atoms with van der Waals surface area (Å²) in [5.74, 6) is 1.17. The van der Waals surface area contributed by atoms with Gasteiger partial charge < -0.3 is 15.8 Å². The first-order valence-electron chi connectivity index (χ1n) is 5.81. The SMILES string of the molecule is CCOc1ncnc(NC2CCCC2)c1N.